The van der Waals surface area contributed by atoms with Crippen LogP contribution >= 0.6 is 0 Å². The van der Waals surface area contributed by atoms with Crippen molar-refractivity contribution in [3.8, 4) is 11.3 Å². The zero-order valence-electron chi connectivity index (χ0n) is 13.3. The quantitative estimate of drug-likeness (QED) is 0.790. The molecule has 0 radical (unpaired) electrons. The Hall–Kier alpha value is -2.67. The molecule has 1 aromatic carbocycles. The second kappa shape index (κ2) is 6.45. The number of amides is 1. The summed E-state index contributed by atoms with van der Waals surface area (Å²) in [5.74, 6) is -1.50. The number of aromatic nitrogens is 2. The highest BCUT2D eigenvalue weighted by molar-refractivity contribution is 6.01. The molecule has 0 aliphatic carbocycles. The Morgan fingerprint density at radius 3 is 2.88 bits per heavy atom. The predicted octanol–water partition coefficient (Wildman–Crippen LogP) is 1.44. The first-order valence-electron chi connectivity index (χ1n) is 7.79. The third-order valence-corrected chi connectivity index (χ3v) is 4.30. The van der Waals surface area contributed by atoms with Crippen LogP contribution in [0.3, 0.4) is 0 Å². The fourth-order valence-corrected chi connectivity index (χ4v) is 3.05. The fraction of sp³-hybridized carbons (Fsp3) is 0.353. The van der Waals surface area contributed by atoms with Gasteiger partial charge in [-0.1, -0.05) is 23.8 Å². The number of H-pyrrole nitrogens is 1. The number of aryl methyl sites for hydroxylation is 1. The van der Waals surface area contributed by atoms with Crippen LogP contribution in [0.2, 0.25) is 0 Å². The molecule has 24 heavy (non-hydrogen) atoms. The largest absolute Gasteiger partial charge is 0.480 e. The Labute approximate surface area is 138 Å². The van der Waals surface area contributed by atoms with Crippen LogP contribution in [0.25, 0.3) is 11.3 Å². The molecule has 0 unspecified atom stereocenters. The van der Waals surface area contributed by atoms with E-state index in [-0.39, 0.29) is 18.9 Å². The fourth-order valence-electron chi connectivity index (χ4n) is 3.05. The zero-order chi connectivity index (χ0) is 17.3. The molecule has 0 spiro atoms. The first-order valence-corrected chi connectivity index (χ1v) is 7.79. The number of aliphatic hydroxyl groups is 1. The number of carbonyl (C=O) groups excluding carboxylic acids is 1. The summed E-state index contributed by atoms with van der Waals surface area (Å²) in [6.45, 7) is 2.16. The summed E-state index contributed by atoms with van der Waals surface area (Å²) in [7, 11) is 0. The maximum atomic E-state index is 12.9. The minimum Gasteiger partial charge on any atom is -0.480 e. The molecule has 2 heterocycles. The molecule has 2 atom stereocenters. The van der Waals surface area contributed by atoms with E-state index in [0.29, 0.717) is 17.7 Å². The van der Waals surface area contributed by atoms with Crippen molar-refractivity contribution < 1.29 is 19.8 Å². The first kappa shape index (κ1) is 16.2. The molecule has 1 aromatic heterocycles. The highest BCUT2D eigenvalue weighted by Gasteiger charge is 2.37. The van der Waals surface area contributed by atoms with E-state index in [0.717, 1.165) is 11.1 Å². The van der Waals surface area contributed by atoms with Gasteiger partial charge in [0.2, 0.25) is 0 Å². The van der Waals surface area contributed by atoms with Gasteiger partial charge in [0.05, 0.1) is 23.6 Å². The van der Waals surface area contributed by atoms with Gasteiger partial charge in [-0.05, 0) is 19.4 Å². The average Bonchev–Trinajstić information content (AvgIpc) is 3.03. The maximum absolute atomic E-state index is 12.9. The highest BCUT2D eigenvalue weighted by atomic mass is 16.4. The summed E-state index contributed by atoms with van der Waals surface area (Å²) in [6.07, 6.45) is 1.13. The summed E-state index contributed by atoms with van der Waals surface area (Å²) < 4.78 is 0. The predicted molar refractivity (Wildman–Crippen MR) is 86.5 cm³/mol. The third kappa shape index (κ3) is 3.03. The molecule has 0 bridgehead atoms. The first-order chi connectivity index (χ1) is 11.5. The van der Waals surface area contributed by atoms with E-state index in [1.807, 2.05) is 31.2 Å². The van der Waals surface area contributed by atoms with Crippen molar-refractivity contribution in [3.05, 3.63) is 41.6 Å². The van der Waals surface area contributed by atoms with Crippen LogP contribution in [0.5, 0.6) is 0 Å². The molecule has 1 amide bonds. The minimum atomic E-state index is -1.11. The zero-order valence-corrected chi connectivity index (χ0v) is 13.3. The number of rotatable bonds is 3. The Morgan fingerprint density at radius 1 is 1.38 bits per heavy atom. The van der Waals surface area contributed by atoms with E-state index in [9.17, 15) is 19.8 Å². The van der Waals surface area contributed by atoms with Gasteiger partial charge < -0.3 is 15.1 Å². The molecule has 7 heteroatoms. The third-order valence-electron chi connectivity index (χ3n) is 4.30. The molecule has 2 aromatic rings. The van der Waals surface area contributed by atoms with Crippen molar-refractivity contribution in [2.45, 2.75) is 31.9 Å². The number of nitrogens with zero attached hydrogens (tertiary/aromatic N) is 2. The summed E-state index contributed by atoms with van der Waals surface area (Å²) in [6, 6.07) is 6.61. The van der Waals surface area contributed by atoms with Crippen LogP contribution in [0.15, 0.2) is 30.5 Å². The van der Waals surface area contributed by atoms with Crippen LogP contribution in [0.4, 0.5) is 0 Å². The van der Waals surface area contributed by atoms with Crippen molar-refractivity contribution in [1.29, 1.82) is 0 Å². The topological polar surface area (TPSA) is 107 Å². The molecule has 0 saturated carbocycles. The van der Waals surface area contributed by atoms with E-state index >= 15 is 0 Å². The summed E-state index contributed by atoms with van der Waals surface area (Å²) in [5.41, 5.74) is 2.77. The Bertz CT molecular complexity index is 771. The number of nitrogens with one attached hydrogen (secondary N) is 1. The van der Waals surface area contributed by atoms with Crippen LogP contribution in [0, 0.1) is 6.92 Å². The van der Waals surface area contributed by atoms with Gasteiger partial charge in [0.15, 0.2) is 0 Å². The molecule has 3 N–H and O–H groups in total. The van der Waals surface area contributed by atoms with Crippen molar-refractivity contribution >= 4 is 11.9 Å². The van der Waals surface area contributed by atoms with Crippen molar-refractivity contribution in [3.63, 3.8) is 0 Å². The van der Waals surface area contributed by atoms with Gasteiger partial charge in [0.25, 0.3) is 5.91 Å². The van der Waals surface area contributed by atoms with Crippen LogP contribution < -0.4 is 0 Å². The normalized spacial score (nSPS) is 20.8. The Balaban J connectivity index is 1.93. The lowest BCUT2D eigenvalue weighted by atomic mass is 9.97. The van der Waals surface area contributed by atoms with Gasteiger partial charge in [-0.25, -0.2) is 4.79 Å². The number of hydrogen-bond donors (Lipinski definition) is 3. The van der Waals surface area contributed by atoms with Gasteiger partial charge in [0.1, 0.15) is 6.04 Å². The lowest BCUT2D eigenvalue weighted by molar-refractivity contribution is -0.145. The second-order valence-corrected chi connectivity index (χ2v) is 6.06. The molecular formula is C17H19N3O4. The molecule has 1 aliphatic rings. The number of carboxylic acid groups (broad SMARTS) is 1. The van der Waals surface area contributed by atoms with E-state index in [1.54, 1.807) is 0 Å². The molecule has 1 fully saturated rings. The summed E-state index contributed by atoms with van der Waals surface area (Å²) in [4.78, 5) is 25.6. The lowest BCUT2D eigenvalue weighted by Crippen LogP contribution is -2.51. The molecule has 7 nitrogen and oxygen atoms in total. The standard InChI is InChI=1S/C17H19N3O4/c1-10-3-2-4-11(7-10)15-13(9-18-19-15)16(22)20-6-5-12(21)8-14(20)17(23)24/h2-4,7,9,12,14,21H,5-6,8H2,1H3,(H,18,19)(H,23,24)/t12-,14+/m1/s1. The average molecular weight is 329 g/mol. The van der Waals surface area contributed by atoms with Gasteiger partial charge in [0, 0.05) is 18.5 Å². The highest BCUT2D eigenvalue weighted by Crippen LogP contribution is 2.26. The number of likely N-dealkylation sites (tertiary alicyclic amines) is 1. The SMILES string of the molecule is Cc1cccc(-c2[nH]ncc2C(=O)N2CC[C@@H](O)C[C@H]2C(=O)O)c1. The number of piperidine rings is 1. The minimum absolute atomic E-state index is 0.0404. The number of carbonyl (C=O) groups is 2. The van der Waals surface area contributed by atoms with Gasteiger partial charge >= 0.3 is 5.97 Å². The Morgan fingerprint density at radius 2 is 2.17 bits per heavy atom. The van der Waals surface area contributed by atoms with Crippen molar-refractivity contribution in [1.82, 2.24) is 15.1 Å². The lowest BCUT2D eigenvalue weighted by Gasteiger charge is -2.35. The van der Waals surface area contributed by atoms with Gasteiger partial charge in [-0.3, -0.25) is 9.89 Å². The molecule has 1 saturated heterocycles. The number of hydrogen-bond acceptors (Lipinski definition) is 4. The summed E-state index contributed by atoms with van der Waals surface area (Å²) >= 11 is 0. The molecule has 1 aliphatic heterocycles. The van der Waals surface area contributed by atoms with E-state index in [4.69, 9.17) is 0 Å². The smallest absolute Gasteiger partial charge is 0.326 e. The number of carboxylic acids is 1. The van der Waals surface area contributed by atoms with Gasteiger partial charge in [-0.15, -0.1) is 0 Å². The number of aromatic amines is 1. The van der Waals surface area contributed by atoms with E-state index in [1.165, 1.54) is 11.1 Å². The molecular weight excluding hydrogens is 310 g/mol. The number of benzene rings is 1. The maximum Gasteiger partial charge on any atom is 0.326 e. The Kier molecular flexibility index (Phi) is 4.35. The molecule has 126 valence electrons. The van der Waals surface area contributed by atoms with E-state index < -0.39 is 18.1 Å². The van der Waals surface area contributed by atoms with Gasteiger partial charge in [-0.2, -0.15) is 5.10 Å². The number of aliphatic carboxylic acids is 1. The van der Waals surface area contributed by atoms with Crippen LogP contribution in [-0.2, 0) is 4.79 Å². The number of aliphatic hydroxyl groups excluding tert-OH is 1. The van der Waals surface area contributed by atoms with Crippen molar-refractivity contribution in [2.24, 2.45) is 0 Å². The summed E-state index contributed by atoms with van der Waals surface area (Å²) in [5, 5.41) is 25.9. The molecule has 3 rings (SSSR count). The second-order valence-electron chi connectivity index (χ2n) is 6.06. The van der Waals surface area contributed by atoms with Crippen LogP contribution in [0.1, 0.15) is 28.8 Å². The van der Waals surface area contributed by atoms with Crippen LogP contribution in [-0.4, -0.2) is 55.9 Å². The van der Waals surface area contributed by atoms with Crippen molar-refractivity contribution in [2.75, 3.05) is 6.54 Å². The monoisotopic (exact) mass is 329 g/mol. The van der Waals surface area contributed by atoms with E-state index in [2.05, 4.69) is 10.2 Å².